The molecular formula is C27H38N8O5. The average molecular weight is 555 g/mol. The molecule has 2 atom stereocenters. The lowest BCUT2D eigenvalue weighted by molar-refractivity contribution is 0.0488. The number of methoxy groups -OCH3 is 2. The van der Waals surface area contributed by atoms with Crippen LogP contribution in [0.25, 0.3) is 5.65 Å². The Morgan fingerprint density at radius 2 is 1.70 bits per heavy atom. The summed E-state index contributed by atoms with van der Waals surface area (Å²) in [5, 5.41) is 14.2. The molecule has 3 aromatic rings. The number of aromatic nitrogens is 4. The second-order valence-corrected chi connectivity index (χ2v) is 10.7. The number of hydrogen-bond acceptors (Lipinski definition) is 10. The molecule has 216 valence electrons. The summed E-state index contributed by atoms with van der Waals surface area (Å²) in [6.45, 7) is 7.40. The van der Waals surface area contributed by atoms with E-state index in [4.69, 9.17) is 24.9 Å². The molecule has 1 aliphatic rings. The van der Waals surface area contributed by atoms with Gasteiger partial charge in [0.15, 0.2) is 17.3 Å². The molecule has 0 bridgehead atoms. The highest BCUT2D eigenvalue weighted by molar-refractivity contribution is 6.04. The third-order valence-corrected chi connectivity index (χ3v) is 6.49. The summed E-state index contributed by atoms with van der Waals surface area (Å²) in [6.07, 6.45) is 3.56. The number of carbonyl (C=O) groups is 2. The topological polar surface area (TPSA) is 167 Å². The predicted octanol–water partition coefficient (Wildman–Crippen LogP) is 3.79. The van der Waals surface area contributed by atoms with Crippen LogP contribution in [-0.4, -0.2) is 63.5 Å². The number of rotatable bonds is 9. The molecule has 1 aromatic carbocycles. The zero-order valence-corrected chi connectivity index (χ0v) is 23.8. The van der Waals surface area contributed by atoms with Gasteiger partial charge in [-0.15, -0.1) is 5.10 Å². The third kappa shape index (κ3) is 6.64. The Morgan fingerprint density at radius 3 is 2.27 bits per heavy atom. The molecule has 0 saturated heterocycles. The van der Waals surface area contributed by atoms with Gasteiger partial charge in [-0.25, -0.2) is 9.78 Å². The fraction of sp³-hybridized carbons (Fsp3) is 0.519. The van der Waals surface area contributed by atoms with Gasteiger partial charge >= 0.3 is 6.09 Å². The zero-order chi connectivity index (χ0) is 29.0. The first-order valence-corrected chi connectivity index (χ1v) is 13.4. The summed E-state index contributed by atoms with van der Waals surface area (Å²) >= 11 is 0. The van der Waals surface area contributed by atoms with Crippen molar-refractivity contribution < 1.29 is 23.8 Å². The number of hydrogen-bond donors (Lipinski definition) is 4. The van der Waals surface area contributed by atoms with Crippen LogP contribution in [0.2, 0.25) is 0 Å². The van der Waals surface area contributed by atoms with Crippen molar-refractivity contribution in [2.45, 2.75) is 77.5 Å². The normalized spacial score (nSPS) is 17.2. The first-order valence-electron chi connectivity index (χ1n) is 13.4. The number of alkyl carbamates (subject to hydrolysis) is 1. The maximum absolute atomic E-state index is 12.7. The van der Waals surface area contributed by atoms with E-state index < -0.39 is 17.6 Å². The Hall–Kier alpha value is -4.29. The van der Waals surface area contributed by atoms with Crippen molar-refractivity contribution in [1.82, 2.24) is 24.9 Å². The Kier molecular flexibility index (Phi) is 8.50. The van der Waals surface area contributed by atoms with E-state index in [2.05, 4.69) is 26.0 Å². The van der Waals surface area contributed by atoms with E-state index in [0.29, 0.717) is 35.4 Å². The molecule has 0 unspecified atom stereocenters. The van der Waals surface area contributed by atoms with Crippen LogP contribution in [-0.2, 0) is 11.2 Å². The van der Waals surface area contributed by atoms with E-state index in [1.54, 1.807) is 32.4 Å². The van der Waals surface area contributed by atoms with Crippen LogP contribution in [0.3, 0.4) is 0 Å². The van der Waals surface area contributed by atoms with E-state index in [1.807, 2.05) is 27.7 Å². The standard InChI is InChI=1S/C27H38N8O5/c1-7-20-32-24-21(22(28)36)23(29-15-12-16(38-5)14-17(13-15)39-6)33-25(35(24)34-20)30-18-10-8-9-11-19(18)31-26(37)40-27(2,3)4/h12-14,18-19,29H,7-11H2,1-6H3,(H2,28,36)(H,30,33)(H,31,37)/t18-,19+/m0/s1. The van der Waals surface area contributed by atoms with Gasteiger partial charge in [0.25, 0.3) is 5.91 Å². The van der Waals surface area contributed by atoms with Crippen molar-refractivity contribution >= 4 is 35.1 Å². The fourth-order valence-corrected chi connectivity index (χ4v) is 4.66. The highest BCUT2D eigenvalue weighted by Gasteiger charge is 2.31. The zero-order valence-electron chi connectivity index (χ0n) is 23.8. The first kappa shape index (κ1) is 28.7. The molecule has 13 nitrogen and oxygen atoms in total. The lowest BCUT2D eigenvalue weighted by Gasteiger charge is -2.33. The molecular weight excluding hydrogens is 516 g/mol. The number of ether oxygens (including phenoxy) is 3. The van der Waals surface area contributed by atoms with E-state index in [1.165, 1.54) is 4.52 Å². The van der Waals surface area contributed by atoms with Gasteiger partial charge in [0.1, 0.15) is 22.7 Å². The van der Waals surface area contributed by atoms with Gasteiger partial charge in [-0.3, -0.25) is 4.79 Å². The number of nitrogens with two attached hydrogens (primary N) is 1. The Balaban J connectivity index is 1.75. The first-order chi connectivity index (χ1) is 19.0. The summed E-state index contributed by atoms with van der Waals surface area (Å²) in [5.41, 5.74) is 6.14. The number of nitrogens with one attached hydrogen (secondary N) is 3. The summed E-state index contributed by atoms with van der Waals surface area (Å²) < 4.78 is 17.8. The number of benzene rings is 1. The van der Waals surface area contributed by atoms with Crippen molar-refractivity contribution in [1.29, 1.82) is 0 Å². The van der Waals surface area contributed by atoms with Gasteiger partial charge in [0, 0.05) is 36.3 Å². The van der Waals surface area contributed by atoms with Crippen LogP contribution in [0.4, 0.5) is 22.2 Å². The Bertz CT molecular complexity index is 1360. The second kappa shape index (κ2) is 11.8. The van der Waals surface area contributed by atoms with Gasteiger partial charge in [-0.1, -0.05) is 19.8 Å². The molecule has 0 spiro atoms. The highest BCUT2D eigenvalue weighted by atomic mass is 16.6. The molecule has 1 aliphatic carbocycles. The number of fused-ring (bicyclic) bond motifs is 1. The molecule has 1 fully saturated rings. The smallest absolute Gasteiger partial charge is 0.407 e. The van der Waals surface area contributed by atoms with Gasteiger partial charge in [-0.05, 0) is 33.6 Å². The molecule has 40 heavy (non-hydrogen) atoms. The maximum Gasteiger partial charge on any atom is 0.407 e. The van der Waals surface area contributed by atoms with E-state index in [0.717, 1.165) is 25.7 Å². The van der Waals surface area contributed by atoms with Crippen molar-refractivity contribution in [3.8, 4) is 11.5 Å². The predicted molar refractivity (Wildman–Crippen MR) is 151 cm³/mol. The quantitative estimate of drug-likeness (QED) is 0.305. The minimum atomic E-state index is -0.710. The van der Waals surface area contributed by atoms with Crippen LogP contribution < -0.4 is 31.2 Å². The number of anilines is 3. The number of aryl methyl sites for hydroxylation is 1. The summed E-state index contributed by atoms with van der Waals surface area (Å²) in [4.78, 5) is 34.6. The molecule has 1 saturated carbocycles. The van der Waals surface area contributed by atoms with Crippen LogP contribution >= 0.6 is 0 Å². The number of nitrogens with zero attached hydrogens (tertiary/aromatic N) is 4. The van der Waals surface area contributed by atoms with E-state index in [9.17, 15) is 9.59 Å². The Labute approximate surface area is 233 Å². The van der Waals surface area contributed by atoms with Crippen LogP contribution in [0.15, 0.2) is 18.2 Å². The summed E-state index contributed by atoms with van der Waals surface area (Å²) in [5.74, 6) is 1.47. The number of amides is 2. The second-order valence-electron chi connectivity index (χ2n) is 10.7. The van der Waals surface area contributed by atoms with Gasteiger partial charge < -0.3 is 35.9 Å². The molecule has 13 heteroatoms. The molecule has 2 heterocycles. The van der Waals surface area contributed by atoms with Gasteiger partial charge in [0.2, 0.25) is 5.95 Å². The van der Waals surface area contributed by atoms with E-state index >= 15 is 0 Å². The maximum atomic E-state index is 12.7. The largest absolute Gasteiger partial charge is 0.497 e. The molecule has 2 amide bonds. The fourth-order valence-electron chi connectivity index (χ4n) is 4.66. The van der Waals surface area contributed by atoms with Gasteiger partial charge in [-0.2, -0.15) is 9.50 Å². The number of primary amides is 1. The molecule has 4 rings (SSSR count). The third-order valence-electron chi connectivity index (χ3n) is 6.49. The minimum absolute atomic E-state index is 0.0895. The van der Waals surface area contributed by atoms with Crippen LogP contribution in [0.1, 0.15) is 69.6 Å². The van der Waals surface area contributed by atoms with Crippen molar-refractivity contribution in [3.63, 3.8) is 0 Å². The van der Waals surface area contributed by atoms with Crippen molar-refractivity contribution in [3.05, 3.63) is 29.6 Å². The molecule has 0 radical (unpaired) electrons. The van der Waals surface area contributed by atoms with Crippen LogP contribution in [0, 0.1) is 0 Å². The van der Waals surface area contributed by atoms with Crippen molar-refractivity contribution in [2.24, 2.45) is 5.73 Å². The average Bonchev–Trinajstić information content (AvgIpc) is 3.32. The van der Waals surface area contributed by atoms with Crippen LogP contribution in [0.5, 0.6) is 11.5 Å². The monoisotopic (exact) mass is 554 g/mol. The Morgan fingerprint density at radius 1 is 1.05 bits per heavy atom. The minimum Gasteiger partial charge on any atom is -0.497 e. The molecule has 5 N–H and O–H groups in total. The summed E-state index contributed by atoms with van der Waals surface area (Å²) in [6, 6.07) is 4.85. The highest BCUT2D eigenvalue weighted by Crippen LogP contribution is 2.31. The lowest BCUT2D eigenvalue weighted by Crippen LogP contribution is -2.50. The molecule has 0 aliphatic heterocycles. The van der Waals surface area contributed by atoms with E-state index in [-0.39, 0.29) is 29.1 Å². The summed E-state index contributed by atoms with van der Waals surface area (Å²) in [7, 11) is 3.10. The number of carbonyl (C=O) groups excluding carboxylic acids is 2. The molecule has 2 aromatic heterocycles. The van der Waals surface area contributed by atoms with Crippen molar-refractivity contribution in [2.75, 3.05) is 24.9 Å². The lowest BCUT2D eigenvalue weighted by atomic mass is 9.90. The SMILES string of the molecule is CCc1nc2c(C(N)=O)c(Nc3cc(OC)cc(OC)c3)nc(N[C@H]3CCCC[C@H]3NC(=O)OC(C)(C)C)n2n1. The van der Waals surface area contributed by atoms with Gasteiger partial charge in [0.05, 0.1) is 20.3 Å².